The first-order chi connectivity index (χ1) is 7.84. The van der Waals surface area contributed by atoms with Crippen LogP contribution in [-0.2, 0) is 0 Å². The van der Waals surface area contributed by atoms with Crippen LogP contribution in [0.4, 0.5) is 0 Å². The Morgan fingerprint density at radius 2 is 1.94 bits per heavy atom. The zero-order valence-electron chi connectivity index (χ0n) is 9.86. The Morgan fingerprint density at radius 1 is 1.12 bits per heavy atom. The molecule has 2 heteroatoms. The molecule has 0 aromatic rings. The van der Waals surface area contributed by atoms with E-state index in [0.717, 1.165) is 12.8 Å². The van der Waals surface area contributed by atoms with Crippen LogP contribution in [0.25, 0.3) is 0 Å². The van der Waals surface area contributed by atoms with Crippen molar-refractivity contribution >= 4 is 0 Å². The van der Waals surface area contributed by atoms with Gasteiger partial charge in [0.1, 0.15) is 5.76 Å². The van der Waals surface area contributed by atoms with Gasteiger partial charge in [-0.25, -0.2) is 0 Å². The van der Waals surface area contributed by atoms with Gasteiger partial charge in [-0.2, -0.15) is 0 Å². The van der Waals surface area contributed by atoms with Crippen molar-refractivity contribution in [3.05, 3.63) is 35.6 Å². The fourth-order valence-corrected chi connectivity index (χ4v) is 2.36. The van der Waals surface area contributed by atoms with Gasteiger partial charge in [0.05, 0.1) is 0 Å². The Hall–Kier alpha value is -1.02. The topological polar surface area (TPSA) is 23.5 Å². The van der Waals surface area contributed by atoms with Gasteiger partial charge in [0.25, 0.3) is 0 Å². The summed E-state index contributed by atoms with van der Waals surface area (Å²) in [6.45, 7) is 3.80. The normalized spacial score (nSPS) is 21.8. The first-order valence-electron chi connectivity index (χ1n) is 6.33. The second kappa shape index (κ2) is 5.90. The van der Waals surface area contributed by atoms with Crippen LogP contribution >= 0.6 is 0 Å². The van der Waals surface area contributed by atoms with Crippen LogP contribution in [0.15, 0.2) is 35.6 Å². The standard InChI is InChI=1S/C14H21NO/c16-14-7-3-5-13(8-9-14)6-4-12-15-10-1-2-11-15/h5,7-9,16H,1-4,6,10-12H2. The molecular formula is C14H21NO. The van der Waals surface area contributed by atoms with E-state index < -0.39 is 0 Å². The quantitative estimate of drug-likeness (QED) is 0.785. The van der Waals surface area contributed by atoms with Crippen molar-refractivity contribution in [3.8, 4) is 0 Å². The van der Waals surface area contributed by atoms with E-state index in [1.54, 1.807) is 6.08 Å². The van der Waals surface area contributed by atoms with Crippen LogP contribution in [0.1, 0.15) is 32.1 Å². The van der Waals surface area contributed by atoms with Crippen LogP contribution in [-0.4, -0.2) is 29.6 Å². The molecular weight excluding hydrogens is 198 g/mol. The molecule has 0 amide bonds. The third kappa shape index (κ3) is 3.53. The lowest BCUT2D eigenvalue weighted by Crippen LogP contribution is -2.20. The van der Waals surface area contributed by atoms with Crippen molar-refractivity contribution in [2.45, 2.75) is 32.1 Å². The van der Waals surface area contributed by atoms with Gasteiger partial charge in [0.2, 0.25) is 0 Å². The van der Waals surface area contributed by atoms with Crippen molar-refractivity contribution < 1.29 is 5.11 Å². The number of likely N-dealkylation sites (tertiary alicyclic amines) is 1. The summed E-state index contributed by atoms with van der Waals surface area (Å²) in [5.74, 6) is 0.394. The Balaban J connectivity index is 1.69. The number of rotatable bonds is 4. The maximum atomic E-state index is 9.34. The maximum absolute atomic E-state index is 9.34. The van der Waals surface area contributed by atoms with E-state index in [2.05, 4.69) is 11.0 Å². The van der Waals surface area contributed by atoms with Gasteiger partial charge in [-0.1, -0.05) is 17.7 Å². The third-order valence-electron chi connectivity index (χ3n) is 3.31. The SMILES string of the molecule is OC1=CCC=C(CCCN2CCCC2)C=C1. The van der Waals surface area contributed by atoms with Gasteiger partial charge in [-0.05, 0) is 63.9 Å². The van der Waals surface area contributed by atoms with Crippen molar-refractivity contribution in [1.82, 2.24) is 4.90 Å². The second-order valence-corrected chi connectivity index (χ2v) is 4.63. The molecule has 16 heavy (non-hydrogen) atoms. The third-order valence-corrected chi connectivity index (χ3v) is 3.31. The largest absolute Gasteiger partial charge is 0.508 e. The minimum Gasteiger partial charge on any atom is -0.508 e. The Morgan fingerprint density at radius 3 is 2.75 bits per heavy atom. The molecule has 2 rings (SSSR count). The molecule has 1 heterocycles. The van der Waals surface area contributed by atoms with Gasteiger partial charge >= 0.3 is 0 Å². The van der Waals surface area contributed by atoms with Gasteiger partial charge in [0.15, 0.2) is 0 Å². The highest BCUT2D eigenvalue weighted by atomic mass is 16.3. The molecule has 1 N–H and O–H groups in total. The number of hydrogen-bond acceptors (Lipinski definition) is 2. The minimum atomic E-state index is 0.394. The van der Waals surface area contributed by atoms with E-state index in [1.165, 1.54) is 44.5 Å². The van der Waals surface area contributed by atoms with Crippen LogP contribution in [0.3, 0.4) is 0 Å². The predicted octanol–water partition coefficient (Wildman–Crippen LogP) is 3.19. The monoisotopic (exact) mass is 219 g/mol. The molecule has 1 saturated heterocycles. The molecule has 0 unspecified atom stereocenters. The fraction of sp³-hybridized carbons (Fsp3) is 0.571. The number of nitrogens with zero attached hydrogens (tertiary/aromatic N) is 1. The summed E-state index contributed by atoms with van der Waals surface area (Å²) >= 11 is 0. The molecule has 0 bridgehead atoms. The van der Waals surface area contributed by atoms with E-state index in [0.29, 0.717) is 5.76 Å². The number of aliphatic hydroxyl groups excluding tert-OH is 1. The highest BCUT2D eigenvalue weighted by Gasteiger charge is 2.10. The summed E-state index contributed by atoms with van der Waals surface area (Å²) in [7, 11) is 0. The molecule has 2 nitrogen and oxygen atoms in total. The van der Waals surface area contributed by atoms with Gasteiger partial charge in [-0.3, -0.25) is 0 Å². The number of hydrogen-bond donors (Lipinski definition) is 1. The Bertz CT molecular complexity index is 309. The molecule has 1 aliphatic heterocycles. The molecule has 0 aromatic heterocycles. The van der Waals surface area contributed by atoms with Crippen LogP contribution in [0.2, 0.25) is 0 Å². The van der Waals surface area contributed by atoms with Crippen molar-refractivity contribution in [2.24, 2.45) is 0 Å². The molecule has 0 saturated carbocycles. The summed E-state index contributed by atoms with van der Waals surface area (Å²) in [6.07, 6.45) is 13.9. The first-order valence-corrected chi connectivity index (χ1v) is 6.33. The van der Waals surface area contributed by atoms with Crippen molar-refractivity contribution in [2.75, 3.05) is 19.6 Å². The zero-order valence-corrected chi connectivity index (χ0v) is 9.86. The van der Waals surface area contributed by atoms with Crippen molar-refractivity contribution in [1.29, 1.82) is 0 Å². The lowest BCUT2D eigenvalue weighted by molar-refractivity contribution is 0.334. The summed E-state index contributed by atoms with van der Waals surface area (Å²) in [4.78, 5) is 2.55. The van der Waals surface area contributed by atoms with Gasteiger partial charge in [0, 0.05) is 0 Å². The van der Waals surface area contributed by atoms with E-state index in [-0.39, 0.29) is 0 Å². The van der Waals surface area contributed by atoms with E-state index >= 15 is 0 Å². The Kier molecular flexibility index (Phi) is 4.23. The van der Waals surface area contributed by atoms with Crippen molar-refractivity contribution in [3.63, 3.8) is 0 Å². The highest BCUT2D eigenvalue weighted by molar-refractivity contribution is 5.28. The fourth-order valence-electron chi connectivity index (χ4n) is 2.36. The van der Waals surface area contributed by atoms with Crippen LogP contribution in [0.5, 0.6) is 0 Å². The summed E-state index contributed by atoms with van der Waals surface area (Å²) in [5.41, 5.74) is 1.36. The summed E-state index contributed by atoms with van der Waals surface area (Å²) in [5, 5.41) is 9.34. The number of aliphatic hydroxyl groups is 1. The van der Waals surface area contributed by atoms with Crippen LogP contribution < -0.4 is 0 Å². The van der Waals surface area contributed by atoms with Crippen LogP contribution in [0, 0.1) is 0 Å². The molecule has 0 radical (unpaired) electrons. The minimum absolute atomic E-state index is 0.394. The molecule has 0 spiro atoms. The predicted molar refractivity (Wildman–Crippen MR) is 67.5 cm³/mol. The van der Waals surface area contributed by atoms with Gasteiger partial charge < -0.3 is 10.0 Å². The highest BCUT2D eigenvalue weighted by Crippen LogP contribution is 2.15. The van der Waals surface area contributed by atoms with E-state index in [1.807, 2.05) is 12.2 Å². The molecule has 88 valence electrons. The van der Waals surface area contributed by atoms with Gasteiger partial charge in [-0.15, -0.1) is 0 Å². The molecule has 0 aromatic carbocycles. The number of allylic oxidation sites excluding steroid dienone is 5. The van der Waals surface area contributed by atoms with E-state index in [9.17, 15) is 5.11 Å². The summed E-state index contributed by atoms with van der Waals surface area (Å²) in [6, 6.07) is 0. The maximum Gasteiger partial charge on any atom is 0.111 e. The van der Waals surface area contributed by atoms with E-state index in [4.69, 9.17) is 0 Å². The average molecular weight is 219 g/mol. The molecule has 2 aliphatic rings. The smallest absolute Gasteiger partial charge is 0.111 e. The lowest BCUT2D eigenvalue weighted by atomic mass is 10.1. The molecule has 1 fully saturated rings. The molecule has 0 atom stereocenters. The molecule has 1 aliphatic carbocycles. The lowest BCUT2D eigenvalue weighted by Gasteiger charge is -2.14. The summed E-state index contributed by atoms with van der Waals surface area (Å²) < 4.78 is 0. The zero-order chi connectivity index (χ0) is 11.2. The first kappa shape index (κ1) is 11.5. The Labute approximate surface area is 98.0 Å². The average Bonchev–Trinajstić information content (AvgIpc) is 2.70. The second-order valence-electron chi connectivity index (χ2n) is 4.63.